The lowest BCUT2D eigenvalue weighted by Gasteiger charge is -2.20. The van der Waals surface area contributed by atoms with Crippen LogP contribution in [0.15, 0.2) is 47.4 Å². The highest BCUT2D eigenvalue weighted by molar-refractivity contribution is 6.11. The van der Waals surface area contributed by atoms with Crippen molar-refractivity contribution in [1.82, 2.24) is 25.3 Å². The number of carbonyl (C=O) groups is 2. The number of nitrogens with zero attached hydrogens (tertiary/aromatic N) is 5. The summed E-state index contributed by atoms with van der Waals surface area (Å²) >= 11 is 0. The van der Waals surface area contributed by atoms with E-state index in [2.05, 4.69) is 26.7 Å². The van der Waals surface area contributed by atoms with Crippen LogP contribution in [-0.4, -0.2) is 37.6 Å². The molecule has 2 aromatic heterocycles. The van der Waals surface area contributed by atoms with Crippen molar-refractivity contribution < 1.29 is 14.3 Å². The molecule has 2 amide bonds. The lowest BCUT2D eigenvalue weighted by Crippen LogP contribution is -2.32. The molecule has 1 aliphatic rings. The summed E-state index contributed by atoms with van der Waals surface area (Å²) in [6, 6.07) is 12.4. The Morgan fingerprint density at radius 1 is 1.16 bits per heavy atom. The minimum absolute atomic E-state index is 0.0344. The Bertz CT molecular complexity index is 1710. The fourth-order valence-electron chi connectivity index (χ4n) is 4.49. The first-order chi connectivity index (χ1) is 18.1. The molecule has 0 unspecified atom stereocenters. The molecule has 0 fully saturated rings. The number of amides is 2. The third kappa shape index (κ3) is 4.48. The van der Waals surface area contributed by atoms with E-state index < -0.39 is 11.7 Å². The number of aryl methyl sites for hydroxylation is 1. The zero-order chi connectivity index (χ0) is 27.2. The summed E-state index contributed by atoms with van der Waals surface area (Å²) < 4.78 is 6.92. The van der Waals surface area contributed by atoms with Gasteiger partial charge in [-0.15, -0.1) is 0 Å². The van der Waals surface area contributed by atoms with Gasteiger partial charge in [-0.1, -0.05) is 12.1 Å². The monoisotopic (exact) mass is 511 g/mol. The number of alkyl carbamates (subject to hydrolysis) is 1. The molecule has 11 nitrogen and oxygen atoms in total. The molecule has 0 atom stereocenters. The van der Waals surface area contributed by atoms with Gasteiger partial charge in [-0.05, 0) is 56.2 Å². The van der Waals surface area contributed by atoms with E-state index in [1.54, 1.807) is 80.0 Å². The maximum absolute atomic E-state index is 13.3. The number of aromatic nitrogens is 4. The van der Waals surface area contributed by atoms with E-state index in [0.717, 1.165) is 5.56 Å². The number of nitrogens with one attached hydrogen (secondary N) is 2. The number of aromatic amines is 1. The first-order valence-corrected chi connectivity index (χ1v) is 11.9. The number of benzene rings is 2. The van der Waals surface area contributed by atoms with Crippen LogP contribution in [0.3, 0.4) is 0 Å². The van der Waals surface area contributed by atoms with Crippen LogP contribution in [0.2, 0.25) is 0 Å². The standard InChI is InChI=1S/C27H25N7O4/c1-27(2,3)38-26(37)29-13-22-20-10-16(7-8-18(20)23(35)32-31-22)21-12-30-33(4)24(21)34-14-17-6-5-15(11-28)9-19(17)25(34)36/h5-10,12H,13-14H2,1-4H3,(H,29,37)(H,32,35). The summed E-state index contributed by atoms with van der Waals surface area (Å²) in [7, 11) is 1.75. The predicted molar refractivity (Wildman–Crippen MR) is 139 cm³/mol. The van der Waals surface area contributed by atoms with Crippen molar-refractivity contribution >= 4 is 28.6 Å². The molecule has 3 heterocycles. The second-order valence-corrected chi connectivity index (χ2v) is 10.00. The quantitative estimate of drug-likeness (QED) is 0.427. The van der Waals surface area contributed by atoms with Gasteiger partial charge in [0.25, 0.3) is 11.5 Å². The van der Waals surface area contributed by atoms with Gasteiger partial charge in [0.2, 0.25) is 0 Å². The topological polar surface area (TPSA) is 146 Å². The summed E-state index contributed by atoms with van der Waals surface area (Å²) in [4.78, 5) is 39.6. The lowest BCUT2D eigenvalue weighted by molar-refractivity contribution is 0.0523. The van der Waals surface area contributed by atoms with Gasteiger partial charge in [-0.2, -0.15) is 15.5 Å². The van der Waals surface area contributed by atoms with Crippen LogP contribution in [0, 0.1) is 11.3 Å². The van der Waals surface area contributed by atoms with E-state index in [4.69, 9.17) is 4.74 Å². The third-order valence-corrected chi connectivity index (χ3v) is 6.18. The Morgan fingerprint density at radius 3 is 2.68 bits per heavy atom. The molecule has 0 spiro atoms. The second-order valence-electron chi connectivity index (χ2n) is 10.00. The Labute approximate surface area is 217 Å². The Balaban J connectivity index is 1.52. The van der Waals surface area contributed by atoms with E-state index in [9.17, 15) is 19.6 Å². The minimum Gasteiger partial charge on any atom is -0.444 e. The van der Waals surface area contributed by atoms with Crippen LogP contribution in [0.5, 0.6) is 0 Å². The number of nitriles is 1. The second kappa shape index (κ2) is 9.15. The van der Waals surface area contributed by atoms with E-state index >= 15 is 0 Å². The van der Waals surface area contributed by atoms with Crippen LogP contribution in [-0.2, 0) is 24.9 Å². The van der Waals surface area contributed by atoms with Crippen LogP contribution in [0.4, 0.5) is 10.6 Å². The van der Waals surface area contributed by atoms with Gasteiger partial charge >= 0.3 is 6.09 Å². The molecule has 2 N–H and O–H groups in total. The zero-order valence-corrected chi connectivity index (χ0v) is 21.3. The maximum Gasteiger partial charge on any atom is 0.407 e. The van der Waals surface area contributed by atoms with Crippen molar-refractivity contribution in [2.45, 2.75) is 39.5 Å². The van der Waals surface area contributed by atoms with Gasteiger partial charge in [-0.3, -0.25) is 19.2 Å². The smallest absolute Gasteiger partial charge is 0.407 e. The van der Waals surface area contributed by atoms with Crippen LogP contribution < -0.4 is 15.8 Å². The number of anilines is 1. The number of hydrogen-bond acceptors (Lipinski definition) is 7. The summed E-state index contributed by atoms with van der Waals surface area (Å²) in [5.41, 5.74) is 2.56. The summed E-state index contributed by atoms with van der Waals surface area (Å²) in [6.07, 6.45) is 1.06. The molecule has 5 rings (SSSR count). The molecule has 11 heteroatoms. The van der Waals surface area contributed by atoms with Crippen molar-refractivity contribution in [1.29, 1.82) is 5.26 Å². The van der Waals surface area contributed by atoms with Crippen molar-refractivity contribution in [3.05, 3.63) is 75.3 Å². The maximum atomic E-state index is 13.3. The van der Waals surface area contributed by atoms with Gasteiger partial charge < -0.3 is 10.1 Å². The highest BCUT2D eigenvalue weighted by Gasteiger charge is 2.32. The number of fused-ring (bicyclic) bond motifs is 2. The number of hydrogen-bond donors (Lipinski definition) is 2. The Morgan fingerprint density at radius 2 is 1.95 bits per heavy atom. The van der Waals surface area contributed by atoms with Gasteiger partial charge in [-0.25, -0.2) is 9.89 Å². The lowest BCUT2D eigenvalue weighted by atomic mass is 10.0. The molecule has 0 saturated heterocycles. The van der Waals surface area contributed by atoms with E-state index in [-0.39, 0.29) is 18.0 Å². The molecule has 0 saturated carbocycles. The van der Waals surface area contributed by atoms with Gasteiger partial charge in [0.1, 0.15) is 11.4 Å². The van der Waals surface area contributed by atoms with E-state index in [1.165, 1.54) is 0 Å². The number of rotatable bonds is 4. The number of H-pyrrole nitrogens is 1. The third-order valence-electron chi connectivity index (χ3n) is 6.18. The summed E-state index contributed by atoms with van der Waals surface area (Å²) in [5, 5.41) is 23.9. The fourth-order valence-corrected chi connectivity index (χ4v) is 4.49. The molecule has 0 aliphatic carbocycles. The van der Waals surface area contributed by atoms with Crippen molar-refractivity contribution in [3.63, 3.8) is 0 Å². The highest BCUT2D eigenvalue weighted by atomic mass is 16.6. The minimum atomic E-state index is -0.655. The van der Waals surface area contributed by atoms with Crippen LogP contribution >= 0.6 is 0 Å². The summed E-state index contributed by atoms with van der Waals surface area (Å²) in [6.45, 7) is 5.68. The number of ether oxygens (including phenoxy) is 1. The average Bonchev–Trinajstić information content (AvgIpc) is 3.41. The molecule has 192 valence electrons. The Hall–Kier alpha value is -4.98. The Kier molecular flexibility index (Phi) is 5.95. The molecule has 1 aliphatic heterocycles. The normalized spacial score (nSPS) is 12.9. The first-order valence-electron chi connectivity index (χ1n) is 11.9. The van der Waals surface area contributed by atoms with Gasteiger partial charge in [0.05, 0.1) is 42.0 Å². The molecule has 38 heavy (non-hydrogen) atoms. The SMILES string of the molecule is Cn1ncc(-c2ccc3c(=O)[nH]nc(CNC(=O)OC(C)(C)C)c3c2)c1N1Cc2ccc(C#N)cc2C1=O. The van der Waals surface area contributed by atoms with Crippen molar-refractivity contribution in [2.75, 3.05) is 4.90 Å². The van der Waals surface area contributed by atoms with Crippen LogP contribution in [0.25, 0.3) is 21.9 Å². The van der Waals surface area contributed by atoms with E-state index in [0.29, 0.717) is 51.1 Å². The first kappa shape index (κ1) is 24.7. The van der Waals surface area contributed by atoms with Crippen molar-refractivity contribution in [3.8, 4) is 17.2 Å². The predicted octanol–water partition coefficient (Wildman–Crippen LogP) is 3.38. The average molecular weight is 512 g/mol. The molecule has 4 aromatic rings. The fraction of sp³-hybridized carbons (Fsp3) is 0.259. The van der Waals surface area contributed by atoms with E-state index in [1.807, 2.05) is 0 Å². The number of carbonyl (C=O) groups excluding carboxylic acids is 2. The molecule has 2 aromatic carbocycles. The van der Waals surface area contributed by atoms with Gasteiger partial charge in [0, 0.05) is 23.6 Å². The van der Waals surface area contributed by atoms with Crippen LogP contribution in [0.1, 0.15) is 48.0 Å². The molecular formula is C27H25N7O4. The van der Waals surface area contributed by atoms with Gasteiger partial charge in [0.15, 0.2) is 0 Å². The summed E-state index contributed by atoms with van der Waals surface area (Å²) in [5.74, 6) is 0.360. The molecule has 0 bridgehead atoms. The van der Waals surface area contributed by atoms with Crippen molar-refractivity contribution in [2.24, 2.45) is 7.05 Å². The highest BCUT2D eigenvalue weighted by Crippen LogP contribution is 2.37. The molecule has 0 radical (unpaired) electrons. The largest absolute Gasteiger partial charge is 0.444 e. The molecular weight excluding hydrogens is 486 g/mol. The zero-order valence-electron chi connectivity index (χ0n) is 21.3.